The molecule has 6 nitrogen and oxygen atoms in total. The van der Waals surface area contributed by atoms with E-state index in [9.17, 15) is 9.50 Å². The summed E-state index contributed by atoms with van der Waals surface area (Å²) in [4.78, 5) is 9.44. The van der Waals surface area contributed by atoms with Crippen molar-refractivity contribution in [3.8, 4) is 5.88 Å². The van der Waals surface area contributed by atoms with Crippen molar-refractivity contribution in [3.05, 3.63) is 53.3 Å². The van der Waals surface area contributed by atoms with Crippen LogP contribution in [0.25, 0.3) is 10.9 Å². The van der Waals surface area contributed by atoms with Gasteiger partial charge in [-0.25, -0.2) is 4.39 Å². The van der Waals surface area contributed by atoms with Crippen molar-refractivity contribution < 1.29 is 19.0 Å². The lowest BCUT2D eigenvalue weighted by atomic mass is 10.1. The Labute approximate surface area is 168 Å². The minimum absolute atomic E-state index is 0.0289. The van der Waals surface area contributed by atoms with Gasteiger partial charge in [-0.2, -0.15) is 0 Å². The van der Waals surface area contributed by atoms with Gasteiger partial charge in [-0.3, -0.25) is 4.99 Å². The fraction of sp³-hybridized carbons (Fsp3) is 0.318. The Hall–Kier alpha value is -2.90. The monoisotopic (exact) mass is 397 g/mol. The number of hydrogen-bond donors (Lipinski definition) is 2. The molecule has 1 aliphatic heterocycles. The molecule has 2 N–H and O–H groups in total. The normalized spacial score (nSPS) is 15.0. The van der Waals surface area contributed by atoms with Crippen molar-refractivity contribution in [2.45, 2.75) is 19.6 Å². The molecule has 1 fully saturated rings. The second kappa shape index (κ2) is 8.23. The van der Waals surface area contributed by atoms with E-state index in [1.807, 2.05) is 32.2 Å². The van der Waals surface area contributed by atoms with Crippen LogP contribution in [0.15, 0.2) is 41.4 Å². The van der Waals surface area contributed by atoms with Crippen molar-refractivity contribution >= 4 is 28.5 Å². The topological polar surface area (TPSA) is 70.1 Å². The Balaban J connectivity index is 1.48. The molecule has 2 aromatic carbocycles. The zero-order chi connectivity index (χ0) is 20.4. The summed E-state index contributed by atoms with van der Waals surface area (Å²) in [5.74, 6) is -0.387. The van der Waals surface area contributed by atoms with Crippen molar-refractivity contribution in [1.29, 1.82) is 0 Å². The number of rotatable bonds is 6. The fourth-order valence-electron chi connectivity index (χ4n) is 3.59. The van der Waals surface area contributed by atoms with E-state index < -0.39 is 0 Å². The SMILES string of the molecule is Cc1cc(N=Cc2c(O)[nH]c3cc(F)ccc23)ccc1N(C)CCC1OCCO1. The van der Waals surface area contributed by atoms with Gasteiger partial charge in [0.1, 0.15) is 5.82 Å². The zero-order valence-corrected chi connectivity index (χ0v) is 16.5. The first-order chi connectivity index (χ1) is 14.0. The number of aromatic nitrogens is 1. The van der Waals surface area contributed by atoms with Crippen LogP contribution in [0.3, 0.4) is 0 Å². The highest BCUT2D eigenvalue weighted by Crippen LogP contribution is 2.28. The average Bonchev–Trinajstić information content (AvgIpc) is 3.31. The number of anilines is 1. The van der Waals surface area contributed by atoms with Gasteiger partial charge in [0.2, 0.25) is 0 Å². The molecule has 3 aromatic rings. The molecular formula is C22H24FN3O3. The number of benzene rings is 2. The summed E-state index contributed by atoms with van der Waals surface area (Å²) in [6.07, 6.45) is 2.30. The number of hydrogen-bond acceptors (Lipinski definition) is 5. The van der Waals surface area contributed by atoms with Gasteiger partial charge >= 0.3 is 0 Å². The smallest absolute Gasteiger partial charge is 0.198 e. The van der Waals surface area contributed by atoms with Crippen LogP contribution in [0.4, 0.5) is 15.8 Å². The number of aromatic hydroxyl groups is 1. The van der Waals surface area contributed by atoms with Crippen LogP contribution in [0.2, 0.25) is 0 Å². The summed E-state index contributed by atoms with van der Waals surface area (Å²) in [7, 11) is 2.04. The van der Waals surface area contributed by atoms with E-state index in [-0.39, 0.29) is 18.0 Å². The quantitative estimate of drug-likeness (QED) is 0.610. The van der Waals surface area contributed by atoms with E-state index in [0.717, 1.165) is 35.3 Å². The molecule has 0 unspecified atom stereocenters. The van der Waals surface area contributed by atoms with Gasteiger partial charge in [0, 0.05) is 37.3 Å². The molecule has 29 heavy (non-hydrogen) atoms. The third-order valence-corrected chi connectivity index (χ3v) is 5.11. The highest BCUT2D eigenvalue weighted by atomic mass is 19.1. The van der Waals surface area contributed by atoms with Crippen LogP contribution in [0.5, 0.6) is 5.88 Å². The highest BCUT2D eigenvalue weighted by Gasteiger charge is 2.17. The maximum Gasteiger partial charge on any atom is 0.198 e. The highest BCUT2D eigenvalue weighted by molar-refractivity contribution is 6.02. The summed E-state index contributed by atoms with van der Waals surface area (Å²) >= 11 is 0. The molecule has 0 radical (unpaired) electrons. The van der Waals surface area contributed by atoms with Gasteiger partial charge < -0.3 is 24.5 Å². The number of aliphatic imine (C=N–C) groups is 1. The lowest BCUT2D eigenvalue weighted by molar-refractivity contribution is -0.0447. The Morgan fingerprint density at radius 2 is 2.03 bits per heavy atom. The number of nitrogens with zero attached hydrogens (tertiary/aromatic N) is 2. The molecule has 4 rings (SSSR count). The maximum atomic E-state index is 13.4. The molecule has 1 saturated heterocycles. The summed E-state index contributed by atoms with van der Waals surface area (Å²) in [6.45, 7) is 4.20. The Morgan fingerprint density at radius 1 is 1.24 bits per heavy atom. The second-order valence-electron chi connectivity index (χ2n) is 7.19. The summed E-state index contributed by atoms with van der Waals surface area (Å²) in [5.41, 5.74) is 4.06. The van der Waals surface area contributed by atoms with E-state index in [0.29, 0.717) is 24.3 Å². The number of H-pyrrole nitrogens is 1. The molecule has 0 atom stereocenters. The lowest BCUT2D eigenvalue weighted by Gasteiger charge is -2.22. The third kappa shape index (κ3) is 4.26. The van der Waals surface area contributed by atoms with Gasteiger partial charge in [-0.05, 0) is 48.9 Å². The van der Waals surface area contributed by atoms with E-state index in [4.69, 9.17) is 9.47 Å². The summed E-state index contributed by atoms with van der Waals surface area (Å²) < 4.78 is 24.3. The number of fused-ring (bicyclic) bond motifs is 1. The number of aryl methyl sites for hydroxylation is 1. The Bertz CT molecular complexity index is 1040. The second-order valence-corrected chi connectivity index (χ2v) is 7.19. The first-order valence-corrected chi connectivity index (χ1v) is 9.60. The third-order valence-electron chi connectivity index (χ3n) is 5.11. The lowest BCUT2D eigenvalue weighted by Crippen LogP contribution is -2.24. The molecule has 0 saturated carbocycles. The van der Waals surface area contributed by atoms with Gasteiger partial charge in [0.05, 0.1) is 30.0 Å². The minimum Gasteiger partial charge on any atom is -0.494 e. The molecule has 0 aliphatic carbocycles. The van der Waals surface area contributed by atoms with Crippen LogP contribution >= 0.6 is 0 Å². The molecular weight excluding hydrogens is 373 g/mol. The zero-order valence-electron chi connectivity index (χ0n) is 16.5. The van der Waals surface area contributed by atoms with Crippen molar-refractivity contribution in [1.82, 2.24) is 4.98 Å². The summed E-state index contributed by atoms with van der Waals surface area (Å²) in [5, 5.41) is 10.8. The first-order valence-electron chi connectivity index (χ1n) is 9.60. The van der Waals surface area contributed by atoms with E-state index in [1.54, 1.807) is 12.3 Å². The molecule has 152 valence electrons. The van der Waals surface area contributed by atoms with Crippen LogP contribution < -0.4 is 4.90 Å². The average molecular weight is 397 g/mol. The minimum atomic E-state index is -0.358. The molecule has 0 spiro atoms. The van der Waals surface area contributed by atoms with Gasteiger partial charge in [0.15, 0.2) is 12.2 Å². The van der Waals surface area contributed by atoms with Crippen molar-refractivity contribution in [2.24, 2.45) is 4.99 Å². The van der Waals surface area contributed by atoms with Crippen LogP contribution in [0.1, 0.15) is 17.5 Å². The predicted molar refractivity (Wildman–Crippen MR) is 112 cm³/mol. The van der Waals surface area contributed by atoms with Gasteiger partial charge in [-0.1, -0.05) is 0 Å². The number of aromatic amines is 1. The molecule has 1 aromatic heterocycles. The molecule has 7 heteroatoms. The number of ether oxygens (including phenoxy) is 2. The Morgan fingerprint density at radius 3 is 2.79 bits per heavy atom. The largest absolute Gasteiger partial charge is 0.494 e. The van der Waals surface area contributed by atoms with Crippen LogP contribution in [-0.4, -0.2) is 49.4 Å². The van der Waals surface area contributed by atoms with E-state index in [2.05, 4.69) is 14.9 Å². The van der Waals surface area contributed by atoms with Crippen LogP contribution in [-0.2, 0) is 9.47 Å². The van der Waals surface area contributed by atoms with Crippen molar-refractivity contribution in [2.75, 3.05) is 31.7 Å². The van der Waals surface area contributed by atoms with E-state index >= 15 is 0 Å². The standard InChI is InChI=1S/C22H24FN3O3/c1-14-11-16(4-6-20(14)26(2)8-7-21-28-9-10-29-21)24-13-18-17-5-3-15(23)12-19(17)25-22(18)27/h3-6,11-13,21,25,27H,7-10H2,1-2H3. The van der Waals surface area contributed by atoms with E-state index in [1.165, 1.54) is 12.1 Å². The predicted octanol–water partition coefficient (Wildman–Crippen LogP) is 4.27. The first kappa shape index (κ1) is 19.4. The van der Waals surface area contributed by atoms with Crippen molar-refractivity contribution in [3.63, 3.8) is 0 Å². The van der Waals surface area contributed by atoms with Crippen LogP contribution in [0, 0.1) is 12.7 Å². The number of nitrogens with one attached hydrogen (secondary N) is 1. The maximum absolute atomic E-state index is 13.4. The summed E-state index contributed by atoms with van der Waals surface area (Å²) in [6, 6.07) is 10.3. The molecule has 0 bridgehead atoms. The van der Waals surface area contributed by atoms with Gasteiger partial charge in [-0.15, -0.1) is 0 Å². The Kier molecular flexibility index (Phi) is 5.51. The van der Waals surface area contributed by atoms with Gasteiger partial charge in [0.25, 0.3) is 0 Å². The molecule has 1 aliphatic rings. The fourth-order valence-corrected chi connectivity index (χ4v) is 3.59. The molecule has 0 amide bonds. The molecule has 2 heterocycles. The number of halogens is 1.